The van der Waals surface area contributed by atoms with Gasteiger partial charge in [0.05, 0.1) is 10.0 Å². The Morgan fingerprint density at radius 1 is 1.30 bits per heavy atom. The van der Waals surface area contributed by atoms with Crippen LogP contribution < -0.4 is 0 Å². The average Bonchev–Trinajstić information content (AvgIpc) is 2.87. The van der Waals surface area contributed by atoms with Gasteiger partial charge in [-0.1, -0.05) is 23.2 Å². The van der Waals surface area contributed by atoms with Crippen molar-refractivity contribution in [2.24, 2.45) is 7.05 Å². The van der Waals surface area contributed by atoms with Gasteiger partial charge in [0.2, 0.25) is 0 Å². The summed E-state index contributed by atoms with van der Waals surface area (Å²) in [6, 6.07) is 4.81. The molecule has 0 spiro atoms. The van der Waals surface area contributed by atoms with E-state index >= 15 is 0 Å². The first-order valence-electron chi connectivity index (χ1n) is 8.04. The molecule has 0 aliphatic heterocycles. The molecule has 0 amide bonds. The summed E-state index contributed by atoms with van der Waals surface area (Å²) in [6.07, 6.45) is 1.48. The second kappa shape index (κ2) is 6.77. The number of rotatable bonds is 4. The Morgan fingerprint density at radius 2 is 1.96 bits per heavy atom. The number of aromatic carboxylic acids is 1. The third-order valence-electron chi connectivity index (χ3n) is 4.60. The minimum Gasteiger partial charge on any atom is -0.476 e. The van der Waals surface area contributed by atoms with Crippen molar-refractivity contribution in [3.63, 3.8) is 0 Å². The average molecular weight is 413 g/mol. The summed E-state index contributed by atoms with van der Waals surface area (Å²) in [7, 11) is 1.76. The maximum atomic E-state index is 13.8. The Hall–Kier alpha value is -2.18. The SMILES string of the molecule is Cc1cc(C(C)(F)F)cc2c1cc(Cc1c(Cl)cnc(C(=O)O)c1Cl)n2C. The Balaban J connectivity index is 2.15. The van der Waals surface area contributed by atoms with Gasteiger partial charge in [-0.3, -0.25) is 0 Å². The fraction of sp³-hybridized carbons (Fsp3) is 0.263. The fourth-order valence-electron chi connectivity index (χ4n) is 3.08. The third-order valence-corrected chi connectivity index (χ3v) is 5.34. The Labute approximate surface area is 164 Å². The molecule has 0 atom stereocenters. The van der Waals surface area contributed by atoms with Gasteiger partial charge in [0.1, 0.15) is 0 Å². The van der Waals surface area contributed by atoms with Crippen molar-refractivity contribution in [3.8, 4) is 0 Å². The summed E-state index contributed by atoms with van der Waals surface area (Å²) in [4.78, 5) is 15.0. The molecule has 0 radical (unpaired) electrons. The van der Waals surface area contributed by atoms with E-state index in [4.69, 9.17) is 23.2 Å². The van der Waals surface area contributed by atoms with E-state index in [0.717, 1.165) is 23.6 Å². The number of alkyl halides is 2. The number of carboxylic acids is 1. The highest BCUT2D eigenvalue weighted by molar-refractivity contribution is 6.37. The van der Waals surface area contributed by atoms with E-state index < -0.39 is 11.9 Å². The largest absolute Gasteiger partial charge is 0.476 e. The van der Waals surface area contributed by atoms with Crippen molar-refractivity contribution < 1.29 is 18.7 Å². The van der Waals surface area contributed by atoms with Gasteiger partial charge >= 0.3 is 5.97 Å². The van der Waals surface area contributed by atoms with Crippen molar-refractivity contribution in [1.82, 2.24) is 9.55 Å². The van der Waals surface area contributed by atoms with Crippen LogP contribution in [-0.2, 0) is 19.4 Å². The van der Waals surface area contributed by atoms with E-state index in [1.54, 1.807) is 18.5 Å². The van der Waals surface area contributed by atoms with Crippen molar-refractivity contribution in [3.05, 3.63) is 62.5 Å². The normalized spacial score (nSPS) is 12.0. The smallest absolute Gasteiger partial charge is 0.356 e. The number of benzene rings is 1. The second-order valence-electron chi connectivity index (χ2n) is 6.54. The predicted molar refractivity (Wildman–Crippen MR) is 101 cm³/mol. The number of hydrogen-bond donors (Lipinski definition) is 1. The van der Waals surface area contributed by atoms with Gasteiger partial charge in [0.15, 0.2) is 5.69 Å². The number of fused-ring (bicyclic) bond motifs is 1. The van der Waals surface area contributed by atoms with E-state index in [1.165, 1.54) is 18.3 Å². The maximum Gasteiger partial charge on any atom is 0.356 e. The molecule has 1 N–H and O–H groups in total. The van der Waals surface area contributed by atoms with Gasteiger partial charge in [-0.15, -0.1) is 0 Å². The quantitative estimate of drug-likeness (QED) is 0.607. The summed E-state index contributed by atoms with van der Waals surface area (Å²) in [6.45, 7) is 2.64. The standard InChI is InChI=1S/C19H16Cl2F2N2O2/c1-9-4-10(19(2,22)23)5-15-12(9)6-11(25(15)3)7-13-14(20)8-24-17(16(13)21)18(26)27/h4-6,8H,7H2,1-3H3,(H,26,27). The number of nitrogens with zero attached hydrogens (tertiary/aromatic N) is 2. The lowest BCUT2D eigenvalue weighted by Crippen LogP contribution is -2.08. The molecule has 0 aliphatic carbocycles. The van der Waals surface area contributed by atoms with Crippen molar-refractivity contribution in [2.45, 2.75) is 26.2 Å². The molecule has 142 valence electrons. The number of aryl methyl sites for hydroxylation is 2. The molecular weight excluding hydrogens is 397 g/mol. The van der Waals surface area contributed by atoms with Gasteiger partial charge in [0, 0.05) is 48.7 Å². The highest BCUT2D eigenvalue weighted by atomic mass is 35.5. The summed E-state index contributed by atoms with van der Waals surface area (Å²) in [5.41, 5.74) is 2.23. The molecule has 4 nitrogen and oxygen atoms in total. The Kier molecular flexibility index (Phi) is 4.91. The zero-order valence-corrected chi connectivity index (χ0v) is 16.3. The van der Waals surface area contributed by atoms with Crippen molar-refractivity contribution >= 4 is 40.1 Å². The molecule has 0 saturated carbocycles. The van der Waals surface area contributed by atoms with Crippen LogP contribution in [0.4, 0.5) is 8.78 Å². The molecule has 2 heterocycles. The summed E-state index contributed by atoms with van der Waals surface area (Å²) >= 11 is 12.4. The topological polar surface area (TPSA) is 55.1 Å². The zero-order valence-electron chi connectivity index (χ0n) is 14.8. The number of aromatic nitrogens is 2. The molecule has 3 aromatic rings. The monoisotopic (exact) mass is 412 g/mol. The number of halogens is 4. The van der Waals surface area contributed by atoms with E-state index in [-0.39, 0.29) is 27.7 Å². The minimum absolute atomic E-state index is 0.0299. The van der Waals surface area contributed by atoms with E-state index in [0.29, 0.717) is 11.1 Å². The van der Waals surface area contributed by atoms with Crippen molar-refractivity contribution in [2.75, 3.05) is 0 Å². The highest BCUT2D eigenvalue weighted by Crippen LogP contribution is 2.34. The Morgan fingerprint density at radius 3 is 2.56 bits per heavy atom. The lowest BCUT2D eigenvalue weighted by Gasteiger charge is -2.13. The fourth-order valence-corrected chi connectivity index (χ4v) is 3.64. The lowest BCUT2D eigenvalue weighted by atomic mass is 10.0. The van der Waals surface area contributed by atoms with Gasteiger partial charge in [-0.05, 0) is 36.2 Å². The van der Waals surface area contributed by atoms with Crippen LogP contribution in [0.1, 0.15) is 39.8 Å². The van der Waals surface area contributed by atoms with Crippen LogP contribution in [0.5, 0.6) is 0 Å². The van der Waals surface area contributed by atoms with Crippen LogP contribution in [0.15, 0.2) is 24.4 Å². The molecular formula is C19H16Cl2F2N2O2. The Bertz CT molecular complexity index is 1070. The third kappa shape index (κ3) is 3.51. The van der Waals surface area contributed by atoms with Gasteiger partial charge < -0.3 is 9.67 Å². The maximum absolute atomic E-state index is 13.8. The van der Waals surface area contributed by atoms with Crippen LogP contribution in [0.3, 0.4) is 0 Å². The summed E-state index contributed by atoms with van der Waals surface area (Å²) < 4.78 is 29.3. The number of pyridine rings is 1. The van der Waals surface area contributed by atoms with E-state index in [9.17, 15) is 18.7 Å². The van der Waals surface area contributed by atoms with Crippen LogP contribution >= 0.6 is 23.2 Å². The minimum atomic E-state index is -2.95. The van der Waals surface area contributed by atoms with Crippen LogP contribution in [0.25, 0.3) is 10.9 Å². The van der Waals surface area contributed by atoms with Gasteiger partial charge in [-0.25, -0.2) is 18.6 Å². The second-order valence-corrected chi connectivity index (χ2v) is 7.32. The molecule has 1 aromatic carbocycles. The first kappa shape index (κ1) is 19.6. The number of carbonyl (C=O) groups is 1. The molecule has 8 heteroatoms. The van der Waals surface area contributed by atoms with Crippen molar-refractivity contribution in [1.29, 1.82) is 0 Å². The van der Waals surface area contributed by atoms with Gasteiger partial charge in [-0.2, -0.15) is 0 Å². The first-order valence-corrected chi connectivity index (χ1v) is 8.79. The van der Waals surface area contributed by atoms with E-state index in [1.807, 2.05) is 6.07 Å². The summed E-state index contributed by atoms with van der Waals surface area (Å²) in [5, 5.41) is 10.2. The molecule has 0 saturated heterocycles. The predicted octanol–water partition coefficient (Wildman–Crippen LogP) is 5.59. The summed E-state index contributed by atoms with van der Waals surface area (Å²) in [5.74, 6) is -4.20. The van der Waals surface area contributed by atoms with Crippen LogP contribution in [-0.4, -0.2) is 20.6 Å². The molecule has 0 bridgehead atoms. The molecule has 0 fully saturated rings. The van der Waals surface area contributed by atoms with Gasteiger partial charge in [0.25, 0.3) is 5.92 Å². The zero-order chi connectivity index (χ0) is 20.1. The molecule has 27 heavy (non-hydrogen) atoms. The van der Waals surface area contributed by atoms with Crippen LogP contribution in [0, 0.1) is 6.92 Å². The highest BCUT2D eigenvalue weighted by Gasteiger charge is 2.26. The molecule has 2 aromatic heterocycles. The number of carboxylic acid groups (broad SMARTS) is 1. The van der Waals surface area contributed by atoms with Crippen LogP contribution in [0.2, 0.25) is 10.0 Å². The lowest BCUT2D eigenvalue weighted by molar-refractivity contribution is 0.0175. The molecule has 0 unspecified atom stereocenters. The molecule has 3 rings (SSSR count). The number of hydrogen-bond acceptors (Lipinski definition) is 2. The van der Waals surface area contributed by atoms with E-state index in [2.05, 4.69) is 4.98 Å². The molecule has 0 aliphatic rings. The first-order chi connectivity index (χ1) is 12.5.